The Balaban J connectivity index is 0.000000118. The number of rotatable bonds is 17. The van der Waals surface area contributed by atoms with Crippen LogP contribution in [-0.4, -0.2) is 112 Å². The fourth-order valence-corrected chi connectivity index (χ4v) is 16.5. The predicted molar refractivity (Wildman–Crippen MR) is 491 cm³/mol. The number of aromatic amines is 4. The average molecular weight is 1660 g/mol. The van der Waals surface area contributed by atoms with Crippen molar-refractivity contribution in [1.29, 1.82) is 0 Å². The van der Waals surface area contributed by atoms with E-state index in [1.165, 1.54) is 35.9 Å². The lowest BCUT2D eigenvalue weighted by molar-refractivity contribution is 0.611. The molecule has 8 aromatic carbocycles. The monoisotopic (exact) mass is 1660 g/mol. The first kappa shape index (κ1) is 81.3. The smallest absolute Gasteiger partial charge is 0.263 e. The molecule has 2 atom stereocenters. The number of fused-ring (bicyclic) bond motifs is 8. The second-order valence-corrected chi connectivity index (χ2v) is 30.8. The minimum Gasteiger partial charge on any atom is -0.360 e. The lowest BCUT2D eigenvalue weighted by atomic mass is 10.0. The van der Waals surface area contributed by atoms with Crippen molar-refractivity contribution in [3.05, 3.63) is 354 Å². The molecule has 0 aliphatic rings. The SMILES string of the molecule is CCN(Cc1cc2cccc(C)c2c(=O)n1-c1ccccc1C)c1ncnc2nc[nH]c12.Cc1cccc2cc(C(C)Nc3ncnc4nc[nH]c34)n(-c3ccccc3F)c(=O)c12.Cc1ccccc1-n1c(C(C)Nc2ncnc3nc[nH]c23)cc2cccc(C)c2c1=O.Cc1ccccc1-n1c(CN(C)c2ncnc3nc[nH]c23)cc2cccc(C)c2c1=O. The molecule has 125 heavy (non-hydrogen) atoms. The molecule has 0 amide bonds. The number of H-pyrrole nitrogens is 4. The van der Waals surface area contributed by atoms with Gasteiger partial charge in [-0.25, -0.2) is 64.2 Å². The van der Waals surface area contributed by atoms with Crippen LogP contribution in [0.3, 0.4) is 0 Å². The summed E-state index contributed by atoms with van der Waals surface area (Å²) in [6.45, 7) is 21.6. The van der Waals surface area contributed by atoms with Crippen molar-refractivity contribution in [2.75, 3.05) is 34.0 Å². The van der Waals surface area contributed by atoms with Gasteiger partial charge in [0.25, 0.3) is 22.2 Å². The van der Waals surface area contributed by atoms with Crippen molar-refractivity contribution in [2.45, 2.75) is 94.4 Å². The number of anilines is 4. The summed E-state index contributed by atoms with van der Waals surface area (Å²) in [5.41, 5.74) is 18.0. The summed E-state index contributed by atoms with van der Waals surface area (Å²) < 4.78 is 21.7. The number of halogens is 1. The van der Waals surface area contributed by atoms with Gasteiger partial charge in [-0.05, 0) is 184 Å². The third-order valence-electron chi connectivity index (χ3n) is 22.6. The summed E-state index contributed by atoms with van der Waals surface area (Å²) in [5.74, 6) is 2.22. The van der Waals surface area contributed by atoms with Crippen molar-refractivity contribution in [2.24, 2.45) is 0 Å². The molecule has 622 valence electrons. The Bertz CT molecular complexity index is 7550. The highest BCUT2D eigenvalue weighted by Crippen LogP contribution is 2.33. The minimum atomic E-state index is -0.469. The van der Waals surface area contributed by atoms with E-state index in [0.29, 0.717) is 70.5 Å². The number of benzene rings is 8. The number of hydrogen-bond donors (Lipinski definition) is 6. The number of para-hydroxylation sites is 4. The van der Waals surface area contributed by atoms with Gasteiger partial charge in [-0.2, -0.15) is 0 Å². The van der Waals surface area contributed by atoms with Gasteiger partial charge in [0.05, 0.1) is 94.8 Å². The summed E-state index contributed by atoms with van der Waals surface area (Å²) in [6.07, 6.45) is 12.3. The molecule has 0 saturated heterocycles. The van der Waals surface area contributed by atoms with Crippen molar-refractivity contribution < 1.29 is 4.39 Å². The van der Waals surface area contributed by atoms with Crippen molar-refractivity contribution in [3.8, 4) is 22.7 Å². The zero-order valence-corrected chi connectivity index (χ0v) is 70.4. The van der Waals surface area contributed by atoms with Crippen LogP contribution < -0.4 is 42.7 Å². The van der Waals surface area contributed by atoms with Crippen LogP contribution in [0.15, 0.2) is 264 Å². The summed E-state index contributed by atoms with van der Waals surface area (Å²) in [7, 11) is 1.95. The van der Waals surface area contributed by atoms with Gasteiger partial charge in [-0.3, -0.25) is 37.4 Å². The molecule has 2 unspecified atom stereocenters. The number of aryl methyl sites for hydroxylation is 7. The van der Waals surface area contributed by atoms with Crippen LogP contribution in [0.2, 0.25) is 0 Å². The number of imidazole rings is 4. The van der Waals surface area contributed by atoms with E-state index in [-0.39, 0.29) is 40.0 Å². The van der Waals surface area contributed by atoms with Crippen molar-refractivity contribution in [1.82, 2.24) is 98.0 Å². The molecule has 0 spiro atoms. The van der Waals surface area contributed by atoms with Gasteiger partial charge in [0.2, 0.25) is 0 Å². The van der Waals surface area contributed by atoms with Crippen molar-refractivity contribution >= 4 is 111 Å². The fraction of sp³-hybridized carbons (Fsp3) is 0.167. The molecule has 6 N–H and O–H groups in total. The number of pyridine rings is 4. The first-order valence-corrected chi connectivity index (χ1v) is 40.8. The van der Waals surface area contributed by atoms with E-state index in [9.17, 15) is 23.6 Å². The predicted octanol–water partition coefficient (Wildman–Crippen LogP) is 16.9. The highest BCUT2D eigenvalue weighted by molar-refractivity contribution is 5.91. The Morgan fingerprint density at radius 1 is 0.352 bits per heavy atom. The van der Waals surface area contributed by atoms with Crippen LogP contribution in [0.1, 0.15) is 94.6 Å². The van der Waals surface area contributed by atoms with Gasteiger partial charge in [-0.1, -0.05) is 140 Å². The zero-order chi connectivity index (χ0) is 86.8. The van der Waals surface area contributed by atoms with Crippen LogP contribution in [0.25, 0.3) is 110 Å². The second-order valence-electron chi connectivity index (χ2n) is 30.8. The van der Waals surface area contributed by atoms with Crippen LogP contribution in [0, 0.1) is 54.3 Å². The molecular formula is C96H87FN24O4. The number of aromatic nitrogens is 20. The standard InChI is InChI=1S/C25H24N6O.2C24H22N6O.C23H19FN6O/c1-4-30(24-22-23(27-14-26-22)28-15-29-24)13-19-12-18-10-7-9-17(3)21(18)25(32)31(19)20-11-6-5-8-16(20)2;1-15-7-4-5-10-19(15)30-18(11-17-9-6-8-16(2)20(17)24(30)31)12-29(3)23-21-22(26-13-25-21)27-14-28-23;1-14-7-4-5-10-18(14)30-19(11-17-9-6-8-15(2)20(17)24(30)31)16(3)29-23-21-22(26-12-25-21)27-13-28-23;1-13-6-5-7-15-10-18(14(2)29-22-20-21(26-11-25-20)27-12-28-22)30(23(31)19(13)15)17-9-4-3-8-16(17)24/h5-12,14-15H,4,13H2,1-3H3,(H,26,27,28,29);4-11,13-14H,12H2,1-3H3,(H,25,26,27,28);4-13,16H,1-3H3,(H2,25,26,27,28,29);3-12,14H,1-2H3,(H2,25,26,27,28,29). The maximum absolute atomic E-state index is 14.8. The zero-order valence-electron chi connectivity index (χ0n) is 70.4. The lowest BCUT2D eigenvalue weighted by Gasteiger charge is -2.25. The Kier molecular flexibility index (Phi) is 22.5. The second kappa shape index (κ2) is 34.6. The molecular weight excluding hydrogens is 1570 g/mol. The van der Waals surface area contributed by atoms with E-state index < -0.39 is 5.82 Å². The topological polar surface area (TPSA) is 336 Å². The first-order valence-electron chi connectivity index (χ1n) is 40.8. The van der Waals surface area contributed by atoms with Crippen LogP contribution in [0.5, 0.6) is 0 Å². The number of nitrogens with zero attached hydrogens (tertiary/aromatic N) is 18. The Morgan fingerprint density at radius 2 is 0.672 bits per heavy atom. The highest BCUT2D eigenvalue weighted by atomic mass is 19.1. The van der Waals surface area contributed by atoms with Crippen LogP contribution in [0.4, 0.5) is 27.7 Å². The maximum Gasteiger partial charge on any atom is 0.263 e. The summed E-state index contributed by atoms with van der Waals surface area (Å²) in [6, 6.07) is 61.4. The lowest BCUT2D eigenvalue weighted by Crippen LogP contribution is -2.30. The van der Waals surface area contributed by atoms with E-state index in [4.69, 9.17) is 0 Å². The molecule has 29 heteroatoms. The van der Waals surface area contributed by atoms with Gasteiger partial charge >= 0.3 is 0 Å². The van der Waals surface area contributed by atoms with Crippen LogP contribution in [-0.2, 0) is 13.1 Å². The summed E-state index contributed by atoms with van der Waals surface area (Å²) in [5, 5.41) is 13.2. The molecule has 20 rings (SSSR count). The summed E-state index contributed by atoms with van der Waals surface area (Å²) in [4.78, 5) is 123. The largest absolute Gasteiger partial charge is 0.360 e. The van der Waals surface area contributed by atoms with E-state index in [1.54, 1.807) is 43.5 Å². The number of nitrogens with one attached hydrogen (secondary N) is 6. The van der Waals surface area contributed by atoms with Gasteiger partial charge < -0.3 is 40.4 Å². The third-order valence-corrected chi connectivity index (χ3v) is 22.6. The molecule has 12 heterocycles. The Hall–Kier alpha value is -16.1. The van der Waals surface area contributed by atoms with Gasteiger partial charge in [0.15, 0.2) is 45.9 Å². The quantitative estimate of drug-likeness (QED) is 0.0493. The molecule has 20 aromatic rings. The molecule has 0 aliphatic heterocycles. The fourth-order valence-electron chi connectivity index (χ4n) is 16.5. The van der Waals surface area contributed by atoms with Crippen LogP contribution >= 0.6 is 0 Å². The molecule has 12 aromatic heterocycles. The third kappa shape index (κ3) is 15.7. The van der Waals surface area contributed by atoms with E-state index in [0.717, 1.165) is 139 Å². The minimum absolute atomic E-state index is 0.00433. The molecule has 0 saturated carbocycles. The van der Waals surface area contributed by atoms with E-state index in [2.05, 4.69) is 120 Å². The normalized spacial score (nSPS) is 11.8. The molecule has 0 aliphatic carbocycles. The van der Waals surface area contributed by atoms with Gasteiger partial charge in [0, 0.05) is 36.4 Å². The Morgan fingerprint density at radius 3 is 1.08 bits per heavy atom. The molecule has 0 fully saturated rings. The molecule has 0 radical (unpaired) electrons. The Labute approximate surface area is 714 Å². The van der Waals surface area contributed by atoms with Gasteiger partial charge in [0.1, 0.15) is 53.2 Å². The molecule has 0 bridgehead atoms. The van der Waals surface area contributed by atoms with E-state index >= 15 is 0 Å². The maximum atomic E-state index is 14.8. The first-order chi connectivity index (χ1) is 60.7. The van der Waals surface area contributed by atoms with E-state index in [1.807, 2.05) is 240 Å². The van der Waals surface area contributed by atoms with Crippen molar-refractivity contribution in [3.63, 3.8) is 0 Å². The van der Waals surface area contributed by atoms with Gasteiger partial charge in [-0.15, -0.1) is 0 Å². The summed E-state index contributed by atoms with van der Waals surface area (Å²) >= 11 is 0. The average Bonchev–Trinajstić information content (AvgIpc) is 0.814. The highest BCUT2D eigenvalue weighted by Gasteiger charge is 2.26. The number of hydrogen-bond acceptors (Lipinski definition) is 20. The molecule has 28 nitrogen and oxygen atoms in total.